The van der Waals surface area contributed by atoms with E-state index in [9.17, 15) is 0 Å². The van der Waals surface area contributed by atoms with Gasteiger partial charge >= 0.3 is 0 Å². The molecular weight excluding hydrogens is 957 g/mol. The van der Waals surface area contributed by atoms with Crippen LogP contribution in [0.15, 0.2) is 314 Å². The van der Waals surface area contributed by atoms with Gasteiger partial charge in [0.2, 0.25) is 0 Å². The monoisotopic (exact) mass is 1010 g/mol. The lowest BCUT2D eigenvalue weighted by molar-refractivity contribution is 0.285. The summed E-state index contributed by atoms with van der Waals surface area (Å²) in [5.74, 6) is 1.55. The molecule has 0 atom stereocenters. The highest BCUT2D eigenvalue weighted by Gasteiger charge is 2.16. The van der Waals surface area contributed by atoms with Crippen molar-refractivity contribution < 1.29 is 9.47 Å². The second-order valence-corrected chi connectivity index (χ2v) is 18.3. The Labute approximate surface area is 456 Å². The first-order valence-corrected chi connectivity index (χ1v) is 26.0. The van der Waals surface area contributed by atoms with Gasteiger partial charge in [-0.15, -0.1) is 0 Å². The van der Waals surface area contributed by atoms with Crippen molar-refractivity contribution in [3.05, 3.63) is 326 Å². The van der Waals surface area contributed by atoms with Crippen LogP contribution in [0, 0.1) is 0 Å². The third-order valence-electron chi connectivity index (χ3n) is 13.1. The Morgan fingerprint density at radius 3 is 0.756 bits per heavy atom. The van der Waals surface area contributed by atoms with E-state index in [0.717, 1.165) is 90.6 Å². The highest BCUT2D eigenvalue weighted by Crippen LogP contribution is 2.38. The summed E-state index contributed by atoms with van der Waals surface area (Å²) in [6.45, 7) is 0.786. The highest BCUT2D eigenvalue weighted by atomic mass is 16.5. The Morgan fingerprint density at radius 2 is 0.474 bits per heavy atom. The maximum Gasteiger partial charge on any atom is 0.119 e. The van der Waals surface area contributed by atoms with Crippen molar-refractivity contribution in [2.45, 2.75) is 13.2 Å². The Morgan fingerprint density at radius 1 is 0.244 bits per heavy atom. The van der Waals surface area contributed by atoms with Crippen LogP contribution in [0.2, 0.25) is 0 Å². The highest BCUT2D eigenvalue weighted by molar-refractivity contribution is 5.86. The molecule has 0 bridgehead atoms. The van der Waals surface area contributed by atoms with Gasteiger partial charge in [0.15, 0.2) is 0 Å². The van der Waals surface area contributed by atoms with Crippen molar-refractivity contribution in [2.75, 3.05) is 19.8 Å². The molecule has 0 amide bonds. The summed E-state index contributed by atoms with van der Waals surface area (Å²) in [6, 6.07) is 103. The fourth-order valence-electron chi connectivity index (χ4n) is 9.10. The molecule has 11 aromatic rings. The van der Waals surface area contributed by atoms with Gasteiger partial charge in [-0.05, 0) is 168 Å². The number of hydrogen-bond acceptors (Lipinski definition) is 8. The number of hydrogen-bond donors (Lipinski definition) is 0. The lowest BCUT2D eigenvalue weighted by Crippen LogP contribution is -2.10. The van der Waals surface area contributed by atoms with Gasteiger partial charge in [0.05, 0.1) is 35.2 Å². The minimum atomic E-state index is 0.393. The van der Waals surface area contributed by atoms with Crippen molar-refractivity contribution in [3.8, 4) is 11.5 Å². The van der Waals surface area contributed by atoms with Crippen LogP contribution in [0.4, 0.5) is 56.9 Å². The van der Waals surface area contributed by atoms with Gasteiger partial charge in [-0.25, -0.2) is 10.0 Å². The zero-order valence-electron chi connectivity index (χ0n) is 42.9. The average Bonchev–Trinajstić information content (AvgIpc) is 3.54. The minimum absolute atomic E-state index is 0.393. The molecule has 0 spiro atoms. The maximum absolute atomic E-state index is 6.44. The molecule has 0 aliphatic heterocycles. The number of hydrazone groups is 2. The summed E-state index contributed by atoms with van der Waals surface area (Å²) in [6.07, 6.45) is 3.80. The largest absolute Gasteiger partial charge is 0.489 e. The summed E-state index contributed by atoms with van der Waals surface area (Å²) in [5.41, 5.74) is 14.2. The lowest BCUT2D eigenvalue weighted by atomic mass is 10.1. The predicted octanol–water partition coefficient (Wildman–Crippen LogP) is 18.1. The van der Waals surface area contributed by atoms with E-state index in [4.69, 9.17) is 19.7 Å². The fraction of sp³-hybridized carbons (Fsp3) is 0.0286. The first kappa shape index (κ1) is 49.8. The van der Waals surface area contributed by atoms with Crippen LogP contribution >= 0.6 is 0 Å². The molecule has 8 nitrogen and oxygen atoms in total. The molecule has 0 unspecified atom stereocenters. The summed E-state index contributed by atoms with van der Waals surface area (Å²) in [7, 11) is 0. The number of ether oxygens (including phenoxy) is 2. The minimum Gasteiger partial charge on any atom is -0.489 e. The molecule has 0 radical (unpaired) electrons. The second-order valence-electron chi connectivity index (χ2n) is 18.3. The molecular formula is C70H56N6O2. The summed E-state index contributed by atoms with van der Waals surface area (Å²) < 4.78 is 12.9. The molecule has 0 aliphatic carbocycles. The third-order valence-corrected chi connectivity index (χ3v) is 13.1. The van der Waals surface area contributed by atoms with Gasteiger partial charge in [0.25, 0.3) is 0 Å². The zero-order valence-corrected chi connectivity index (χ0v) is 42.9. The van der Waals surface area contributed by atoms with E-state index in [1.807, 2.05) is 144 Å². The number of anilines is 10. The van der Waals surface area contributed by atoms with E-state index in [1.165, 1.54) is 0 Å². The SMILES string of the molecule is C(=N/N(c1ccccc1)c1ccccc1)/c1ccc(N(c2ccccc2)c2ccc(OCc3ccccc3COc3ccc(N(c4ccccc4)c4ccc(/C=N\N(c5ccccc5)c5ccccc5)cc4)cc3)cc2)cc1. The first-order chi connectivity index (χ1) is 38.7. The van der Waals surface area contributed by atoms with Crippen LogP contribution in [0.25, 0.3) is 0 Å². The summed E-state index contributed by atoms with van der Waals surface area (Å²) >= 11 is 0. The molecule has 0 saturated heterocycles. The van der Waals surface area contributed by atoms with Crippen LogP contribution in [0.3, 0.4) is 0 Å². The molecule has 8 heteroatoms. The second kappa shape index (κ2) is 24.7. The number of para-hydroxylation sites is 6. The molecule has 0 heterocycles. The number of nitrogens with zero attached hydrogens (tertiary/aromatic N) is 6. The molecule has 0 aliphatic rings. The van der Waals surface area contributed by atoms with E-state index in [-0.39, 0.29) is 0 Å². The van der Waals surface area contributed by atoms with Crippen LogP contribution in [-0.2, 0) is 13.2 Å². The van der Waals surface area contributed by atoms with Gasteiger partial charge in [0.1, 0.15) is 24.7 Å². The Hall–Kier alpha value is -10.4. The van der Waals surface area contributed by atoms with E-state index in [0.29, 0.717) is 13.2 Å². The van der Waals surface area contributed by atoms with Crippen LogP contribution in [-0.4, -0.2) is 12.4 Å². The van der Waals surface area contributed by atoms with Crippen LogP contribution in [0.5, 0.6) is 11.5 Å². The summed E-state index contributed by atoms with van der Waals surface area (Å²) in [4.78, 5) is 4.48. The third kappa shape index (κ3) is 12.4. The van der Waals surface area contributed by atoms with Crippen molar-refractivity contribution in [3.63, 3.8) is 0 Å². The average molecular weight is 1010 g/mol. The maximum atomic E-state index is 6.44. The Balaban J connectivity index is 0.741. The van der Waals surface area contributed by atoms with E-state index in [1.54, 1.807) is 0 Å². The van der Waals surface area contributed by atoms with Gasteiger partial charge in [0, 0.05) is 34.1 Å². The fourth-order valence-corrected chi connectivity index (χ4v) is 9.10. The smallest absolute Gasteiger partial charge is 0.119 e. The zero-order chi connectivity index (χ0) is 52.6. The molecule has 0 saturated carbocycles. The van der Waals surface area contributed by atoms with Crippen molar-refractivity contribution >= 4 is 69.3 Å². The van der Waals surface area contributed by atoms with Gasteiger partial charge < -0.3 is 19.3 Å². The Bertz CT molecular complexity index is 3320. The topological polar surface area (TPSA) is 56.1 Å². The number of benzene rings is 11. The Kier molecular flexibility index (Phi) is 15.8. The van der Waals surface area contributed by atoms with Crippen molar-refractivity contribution in [1.82, 2.24) is 0 Å². The van der Waals surface area contributed by atoms with Gasteiger partial charge in [-0.1, -0.05) is 158 Å². The van der Waals surface area contributed by atoms with Gasteiger partial charge in [-0.2, -0.15) is 10.2 Å². The predicted molar refractivity (Wildman–Crippen MR) is 323 cm³/mol. The van der Waals surface area contributed by atoms with Crippen molar-refractivity contribution in [1.29, 1.82) is 0 Å². The standard InChI is InChI=1S/C70H56N6O2/c1-7-23-59(24-8-1)73(61-39-35-55(36-40-61)51-71-75(65-27-11-3-12-28-65)66-29-13-4-14-30-66)63-43-47-69(48-44-63)77-53-57-21-19-20-22-58(57)54-78-70-49-45-64(46-50-70)74(60-25-9-2-10-26-60)62-41-37-56(38-42-62)52-72-76(67-31-15-5-16-32-67)68-33-17-6-18-34-68/h1-52H,53-54H2/b71-51-,72-52-. The molecule has 11 rings (SSSR count). The lowest BCUT2D eigenvalue weighted by Gasteiger charge is -2.26. The van der Waals surface area contributed by atoms with Crippen molar-refractivity contribution in [2.24, 2.45) is 10.2 Å². The van der Waals surface area contributed by atoms with E-state index < -0.39 is 0 Å². The molecule has 0 fully saturated rings. The van der Waals surface area contributed by atoms with Gasteiger partial charge in [-0.3, -0.25) is 0 Å². The number of rotatable bonds is 20. The first-order valence-electron chi connectivity index (χ1n) is 26.0. The quantitative estimate of drug-likeness (QED) is 0.0560. The molecule has 0 N–H and O–H groups in total. The normalized spacial score (nSPS) is 11.1. The molecule has 378 valence electrons. The molecule has 78 heavy (non-hydrogen) atoms. The van der Waals surface area contributed by atoms with E-state index >= 15 is 0 Å². The summed E-state index contributed by atoms with van der Waals surface area (Å²) in [5, 5.41) is 13.7. The van der Waals surface area contributed by atoms with Crippen LogP contribution < -0.4 is 29.3 Å². The molecule has 11 aromatic carbocycles. The van der Waals surface area contributed by atoms with Crippen LogP contribution in [0.1, 0.15) is 22.3 Å². The van der Waals surface area contributed by atoms with E-state index in [2.05, 4.69) is 192 Å². The molecule has 0 aromatic heterocycles.